The largest absolute Gasteiger partial charge is 0.314 e. The smallest absolute Gasteiger partial charge is 0.129 e. The van der Waals surface area contributed by atoms with E-state index < -0.39 is 0 Å². The Morgan fingerprint density at radius 1 is 0.889 bits per heavy atom. The van der Waals surface area contributed by atoms with Gasteiger partial charge < -0.3 is 4.48 Å². The van der Waals surface area contributed by atoms with E-state index in [0.717, 1.165) is 0 Å². The molecular formula is C8H14N+. The van der Waals surface area contributed by atoms with Crippen LogP contribution in [0.15, 0.2) is 0 Å². The Bertz CT molecular complexity index is 135. The number of quaternary nitrogens is 1. The third kappa shape index (κ3) is 0.493. The molecule has 0 amide bonds. The second kappa shape index (κ2) is 1.20. The van der Waals surface area contributed by atoms with Crippen LogP contribution in [-0.2, 0) is 0 Å². The van der Waals surface area contributed by atoms with Crippen molar-refractivity contribution in [2.75, 3.05) is 26.2 Å². The zero-order valence-electron chi connectivity index (χ0n) is 5.84. The number of nitrogens with zero attached hydrogens (tertiary/aromatic N) is 1. The van der Waals surface area contributed by atoms with E-state index >= 15 is 0 Å². The van der Waals surface area contributed by atoms with E-state index in [-0.39, 0.29) is 0 Å². The Balaban J connectivity index is 1.85. The van der Waals surface area contributed by atoms with E-state index in [1.54, 1.807) is 25.9 Å². The van der Waals surface area contributed by atoms with Crippen molar-refractivity contribution in [3.8, 4) is 0 Å². The minimum absolute atomic E-state index is 1.17. The summed E-state index contributed by atoms with van der Waals surface area (Å²) < 4.78 is 1.54. The maximum absolute atomic E-state index is 1.56. The van der Waals surface area contributed by atoms with Crippen LogP contribution in [-0.4, -0.2) is 30.7 Å². The van der Waals surface area contributed by atoms with Crippen molar-refractivity contribution in [3.63, 3.8) is 0 Å². The molecule has 0 N–H and O–H groups in total. The zero-order chi connectivity index (χ0) is 5.90. The van der Waals surface area contributed by atoms with Crippen LogP contribution < -0.4 is 0 Å². The Morgan fingerprint density at radius 3 is 1.78 bits per heavy atom. The molecule has 2 saturated heterocycles. The van der Waals surface area contributed by atoms with Crippen LogP contribution in [0.25, 0.3) is 0 Å². The summed E-state index contributed by atoms with van der Waals surface area (Å²) in [6.07, 6.45) is 3.12. The van der Waals surface area contributed by atoms with Crippen LogP contribution in [0.2, 0.25) is 0 Å². The van der Waals surface area contributed by atoms with Gasteiger partial charge in [-0.1, -0.05) is 0 Å². The molecule has 1 spiro atoms. The van der Waals surface area contributed by atoms with Gasteiger partial charge in [-0.2, -0.15) is 0 Å². The van der Waals surface area contributed by atoms with E-state index in [0.29, 0.717) is 0 Å². The lowest BCUT2D eigenvalue weighted by molar-refractivity contribution is -0.787. The highest BCUT2D eigenvalue weighted by molar-refractivity contribution is 4.88. The molecule has 0 bridgehead atoms. The number of fused-ring (bicyclic) bond motifs is 1. The molecular weight excluding hydrogens is 110 g/mol. The maximum atomic E-state index is 1.56. The molecule has 3 aliphatic rings. The van der Waals surface area contributed by atoms with Crippen molar-refractivity contribution in [2.45, 2.75) is 12.8 Å². The van der Waals surface area contributed by atoms with Crippen molar-refractivity contribution in [2.24, 2.45) is 11.8 Å². The number of hydrogen-bond donors (Lipinski definition) is 0. The Labute approximate surface area is 56.2 Å². The lowest BCUT2D eigenvalue weighted by Crippen LogP contribution is -2.22. The third-order valence-electron chi connectivity index (χ3n) is 3.67. The van der Waals surface area contributed by atoms with Gasteiger partial charge in [0.15, 0.2) is 0 Å². The second-order valence-corrected chi connectivity index (χ2v) is 4.25. The topological polar surface area (TPSA) is 0 Å². The first-order valence-electron chi connectivity index (χ1n) is 4.23. The number of rotatable bonds is 0. The van der Waals surface area contributed by atoms with Gasteiger partial charge in [0.1, 0.15) is 13.1 Å². The highest BCUT2D eigenvalue weighted by Crippen LogP contribution is 2.47. The van der Waals surface area contributed by atoms with E-state index in [1.165, 1.54) is 29.4 Å². The molecule has 3 fully saturated rings. The third-order valence-corrected chi connectivity index (χ3v) is 3.67. The van der Waals surface area contributed by atoms with E-state index in [4.69, 9.17) is 0 Å². The highest BCUT2D eigenvalue weighted by Gasteiger charge is 2.56. The first-order chi connectivity index (χ1) is 4.38. The molecule has 3 rings (SSSR count). The van der Waals surface area contributed by atoms with Crippen LogP contribution in [0.3, 0.4) is 0 Å². The van der Waals surface area contributed by atoms with Gasteiger partial charge in [-0.25, -0.2) is 0 Å². The molecule has 2 heterocycles. The molecule has 1 heteroatoms. The standard InChI is InChI=1S/C8H14N/c1-2-8-6-9(3-4-9)5-7(1)8/h7-8H,1-6H2/q+1. The predicted octanol–water partition coefficient (Wildman–Crippen LogP) is 0.857. The molecule has 1 saturated carbocycles. The van der Waals surface area contributed by atoms with Crippen molar-refractivity contribution >= 4 is 0 Å². The SMILES string of the molecule is C1CC2C[N+]3(CC3)CC12. The van der Waals surface area contributed by atoms with E-state index in [2.05, 4.69) is 0 Å². The average Bonchev–Trinajstić information content (AvgIpc) is 2.52. The molecule has 0 aromatic heterocycles. The lowest BCUT2D eigenvalue weighted by Gasteiger charge is -2.24. The molecule has 1 nitrogen and oxygen atoms in total. The zero-order valence-corrected chi connectivity index (χ0v) is 5.84. The molecule has 2 aliphatic heterocycles. The van der Waals surface area contributed by atoms with Gasteiger partial charge in [-0.05, 0) is 12.8 Å². The number of hydrogen-bond acceptors (Lipinski definition) is 0. The van der Waals surface area contributed by atoms with Crippen molar-refractivity contribution in [3.05, 3.63) is 0 Å². The summed E-state index contributed by atoms with van der Waals surface area (Å²) in [5.74, 6) is 2.35. The minimum atomic E-state index is 1.17. The van der Waals surface area contributed by atoms with E-state index in [1.807, 2.05) is 0 Å². The Morgan fingerprint density at radius 2 is 1.44 bits per heavy atom. The molecule has 50 valence electrons. The first kappa shape index (κ1) is 4.73. The Kier molecular flexibility index (Phi) is 0.628. The van der Waals surface area contributed by atoms with Crippen molar-refractivity contribution in [1.29, 1.82) is 0 Å². The van der Waals surface area contributed by atoms with Gasteiger partial charge in [-0.15, -0.1) is 0 Å². The van der Waals surface area contributed by atoms with Crippen LogP contribution in [0.1, 0.15) is 12.8 Å². The van der Waals surface area contributed by atoms with Crippen molar-refractivity contribution in [1.82, 2.24) is 0 Å². The van der Waals surface area contributed by atoms with Crippen LogP contribution in [0.5, 0.6) is 0 Å². The van der Waals surface area contributed by atoms with Gasteiger partial charge in [0.2, 0.25) is 0 Å². The molecule has 9 heavy (non-hydrogen) atoms. The summed E-state index contributed by atoms with van der Waals surface area (Å²) in [6.45, 7) is 6.16. The van der Waals surface area contributed by atoms with Crippen LogP contribution in [0.4, 0.5) is 0 Å². The summed E-state index contributed by atoms with van der Waals surface area (Å²) in [7, 11) is 0. The quantitative estimate of drug-likeness (QED) is 0.332. The first-order valence-corrected chi connectivity index (χ1v) is 4.23. The monoisotopic (exact) mass is 124 g/mol. The normalized spacial score (nSPS) is 50.7. The average molecular weight is 124 g/mol. The molecule has 0 aromatic carbocycles. The van der Waals surface area contributed by atoms with Gasteiger partial charge in [0.25, 0.3) is 0 Å². The van der Waals surface area contributed by atoms with Gasteiger partial charge in [-0.3, -0.25) is 0 Å². The van der Waals surface area contributed by atoms with Gasteiger partial charge >= 0.3 is 0 Å². The predicted molar refractivity (Wildman–Crippen MR) is 35.9 cm³/mol. The van der Waals surface area contributed by atoms with Gasteiger partial charge in [0, 0.05) is 11.8 Å². The Hall–Kier alpha value is -0.0400. The minimum Gasteiger partial charge on any atom is -0.314 e. The second-order valence-electron chi connectivity index (χ2n) is 4.25. The summed E-state index contributed by atoms with van der Waals surface area (Å²) in [5, 5.41) is 0. The van der Waals surface area contributed by atoms with Crippen molar-refractivity contribution < 1.29 is 4.48 Å². The van der Waals surface area contributed by atoms with Crippen LogP contribution >= 0.6 is 0 Å². The summed E-state index contributed by atoms with van der Waals surface area (Å²) >= 11 is 0. The van der Waals surface area contributed by atoms with Gasteiger partial charge in [0.05, 0.1) is 13.1 Å². The van der Waals surface area contributed by atoms with E-state index in [9.17, 15) is 0 Å². The fraction of sp³-hybridized carbons (Fsp3) is 1.00. The molecule has 2 unspecified atom stereocenters. The lowest BCUT2D eigenvalue weighted by atomic mass is 9.77. The molecule has 2 atom stereocenters. The molecule has 0 radical (unpaired) electrons. The molecule has 0 aromatic rings. The van der Waals surface area contributed by atoms with Crippen LogP contribution in [0, 0.1) is 11.8 Å². The summed E-state index contributed by atoms with van der Waals surface area (Å²) in [6, 6.07) is 0. The highest BCUT2D eigenvalue weighted by atomic mass is 15.5. The summed E-state index contributed by atoms with van der Waals surface area (Å²) in [5.41, 5.74) is 0. The molecule has 1 aliphatic carbocycles. The summed E-state index contributed by atoms with van der Waals surface area (Å²) in [4.78, 5) is 0. The fourth-order valence-corrected chi connectivity index (χ4v) is 2.69. The maximum Gasteiger partial charge on any atom is 0.129 e. The fourth-order valence-electron chi connectivity index (χ4n) is 2.69.